The number of esters is 1. The lowest BCUT2D eigenvalue weighted by Gasteiger charge is -2.08. The normalized spacial score (nSPS) is 10.0. The zero-order valence-corrected chi connectivity index (χ0v) is 13.4. The van der Waals surface area contributed by atoms with Gasteiger partial charge in [0.25, 0.3) is 0 Å². The number of methoxy groups -OCH3 is 1. The van der Waals surface area contributed by atoms with Crippen molar-refractivity contribution in [3.05, 3.63) is 52.4 Å². The van der Waals surface area contributed by atoms with Crippen LogP contribution in [0.5, 0.6) is 0 Å². The van der Waals surface area contributed by atoms with Crippen molar-refractivity contribution in [2.24, 2.45) is 0 Å². The van der Waals surface area contributed by atoms with Crippen LogP contribution in [0.4, 0.5) is 5.00 Å². The topological polar surface area (TPSA) is 50.4 Å². The lowest BCUT2D eigenvalue weighted by molar-refractivity contribution is 0.0605. The second-order valence-corrected chi connectivity index (χ2v) is 5.87. The number of hydrogen-bond donors (Lipinski definition) is 2. The molecule has 2 rings (SSSR count). The predicted molar refractivity (Wildman–Crippen MR) is 89.9 cm³/mol. The Morgan fingerprint density at radius 1 is 1.33 bits per heavy atom. The highest BCUT2D eigenvalue weighted by Crippen LogP contribution is 2.27. The van der Waals surface area contributed by atoms with Crippen LogP contribution in [0.3, 0.4) is 0 Å². The first-order valence-electron chi connectivity index (χ1n) is 6.37. The number of benzene rings is 1. The summed E-state index contributed by atoms with van der Waals surface area (Å²) >= 11 is 6.58. The molecule has 0 bridgehead atoms. The van der Waals surface area contributed by atoms with Crippen LogP contribution in [0.25, 0.3) is 0 Å². The average Bonchev–Trinajstić information content (AvgIpc) is 2.86. The molecule has 0 spiro atoms. The summed E-state index contributed by atoms with van der Waals surface area (Å²) in [6, 6.07) is 11.9. The number of ether oxygens (including phenoxy) is 1. The van der Waals surface area contributed by atoms with Gasteiger partial charge in [0.1, 0.15) is 4.88 Å². The lowest BCUT2D eigenvalue weighted by Crippen LogP contribution is -2.27. The van der Waals surface area contributed by atoms with Gasteiger partial charge in [-0.15, -0.1) is 11.3 Å². The molecule has 2 aromatic rings. The molecule has 0 radical (unpaired) electrons. The van der Waals surface area contributed by atoms with E-state index in [1.54, 1.807) is 0 Å². The second-order valence-electron chi connectivity index (χ2n) is 4.41. The summed E-state index contributed by atoms with van der Waals surface area (Å²) in [7, 11) is 1.38. The van der Waals surface area contributed by atoms with Crippen LogP contribution in [-0.2, 0) is 11.3 Å². The van der Waals surface area contributed by atoms with E-state index in [-0.39, 0.29) is 5.97 Å². The molecule has 0 aliphatic heterocycles. The maximum absolute atomic E-state index is 11.6. The highest BCUT2D eigenvalue weighted by atomic mass is 32.1. The summed E-state index contributed by atoms with van der Waals surface area (Å²) in [4.78, 5) is 12.1. The van der Waals surface area contributed by atoms with E-state index in [9.17, 15) is 4.79 Å². The minimum absolute atomic E-state index is 0.325. The van der Waals surface area contributed by atoms with Crippen molar-refractivity contribution in [1.82, 2.24) is 5.32 Å². The molecule has 21 heavy (non-hydrogen) atoms. The maximum Gasteiger partial charge on any atom is 0.348 e. The third-order valence-electron chi connectivity index (χ3n) is 2.82. The van der Waals surface area contributed by atoms with Gasteiger partial charge in [-0.3, -0.25) is 0 Å². The summed E-state index contributed by atoms with van der Waals surface area (Å²) in [5.74, 6) is -0.325. The molecule has 0 saturated carbocycles. The third kappa shape index (κ3) is 4.27. The molecule has 0 unspecified atom stereocenters. The Hall–Kier alpha value is -1.92. The van der Waals surface area contributed by atoms with E-state index in [4.69, 9.17) is 17.0 Å². The standard InChI is InChI=1S/C15H16N2O2S2/c1-10-8-12(21-13(10)14(18)19-2)17-15(20)16-9-11-6-4-3-5-7-11/h3-8H,9H2,1-2H3,(H2,16,17,20). The molecule has 1 aromatic carbocycles. The van der Waals surface area contributed by atoms with Gasteiger partial charge in [0.2, 0.25) is 0 Å². The second kappa shape index (κ2) is 7.19. The van der Waals surface area contributed by atoms with Gasteiger partial charge in [0.15, 0.2) is 5.11 Å². The van der Waals surface area contributed by atoms with E-state index in [0.29, 0.717) is 16.5 Å². The van der Waals surface area contributed by atoms with E-state index in [2.05, 4.69) is 10.6 Å². The number of carbonyl (C=O) groups is 1. The molecule has 1 heterocycles. The van der Waals surface area contributed by atoms with Crippen LogP contribution in [0, 0.1) is 6.92 Å². The number of anilines is 1. The Labute approximate surface area is 133 Å². The maximum atomic E-state index is 11.6. The van der Waals surface area contributed by atoms with Gasteiger partial charge in [0, 0.05) is 6.54 Å². The van der Waals surface area contributed by atoms with Crippen molar-refractivity contribution in [2.45, 2.75) is 13.5 Å². The van der Waals surface area contributed by atoms with Crippen LogP contribution in [0.1, 0.15) is 20.8 Å². The molecule has 2 N–H and O–H groups in total. The molecule has 4 nitrogen and oxygen atoms in total. The van der Waals surface area contributed by atoms with Crippen LogP contribution in [0.2, 0.25) is 0 Å². The highest BCUT2D eigenvalue weighted by molar-refractivity contribution is 7.80. The Kier molecular flexibility index (Phi) is 5.30. The molecule has 1 aromatic heterocycles. The Morgan fingerprint density at radius 3 is 2.71 bits per heavy atom. The quantitative estimate of drug-likeness (QED) is 0.668. The van der Waals surface area contributed by atoms with Crippen LogP contribution >= 0.6 is 23.6 Å². The monoisotopic (exact) mass is 320 g/mol. The summed E-state index contributed by atoms with van der Waals surface area (Å²) in [5, 5.41) is 7.56. The molecule has 0 fully saturated rings. The Balaban J connectivity index is 1.92. The summed E-state index contributed by atoms with van der Waals surface area (Å²) < 4.78 is 4.74. The van der Waals surface area contributed by atoms with Crippen LogP contribution in [0.15, 0.2) is 36.4 Å². The minimum Gasteiger partial charge on any atom is -0.465 e. The first-order chi connectivity index (χ1) is 10.1. The van der Waals surface area contributed by atoms with Crippen LogP contribution < -0.4 is 10.6 Å². The van der Waals surface area contributed by atoms with Gasteiger partial charge in [-0.2, -0.15) is 0 Å². The molecule has 6 heteroatoms. The molecule has 0 aliphatic carbocycles. The number of thiocarbonyl (C=S) groups is 1. The molecule has 110 valence electrons. The van der Waals surface area contributed by atoms with Gasteiger partial charge in [0.05, 0.1) is 12.1 Å². The van der Waals surface area contributed by atoms with Gasteiger partial charge in [-0.25, -0.2) is 4.79 Å². The van der Waals surface area contributed by atoms with Crippen LogP contribution in [-0.4, -0.2) is 18.2 Å². The SMILES string of the molecule is COC(=O)c1sc(NC(=S)NCc2ccccc2)cc1C. The third-order valence-corrected chi connectivity index (χ3v) is 4.20. The van der Waals surface area contributed by atoms with Gasteiger partial charge in [-0.1, -0.05) is 30.3 Å². The van der Waals surface area contributed by atoms with Crippen molar-refractivity contribution in [3.63, 3.8) is 0 Å². The number of hydrogen-bond acceptors (Lipinski definition) is 4. The Morgan fingerprint density at radius 2 is 2.05 bits per heavy atom. The van der Waals surface area contributed by atoms with E-state index < -0.39 is 0 Å². The fraction of sp³-hybridized carbons (Fsp3) is 0.200. The van der Waals surface area contributed by atoms with Crippen molar-refractivity contribution in [3.8, 4) is 0 Å². The number of rotatable bonds is 4. The molecule has 0 aliphatic rings. The number of aryl methyl sites for hydroxylation is 1. The van der Waals surface area contributed by atoms with Crippen molar-refractivity contribution in [2.75, 3.05) is 12.4 Å². The van der Waals surface area contributed by atoms with Crippen molar-refractivity contribution < 1.29 is 9.53 Å². The van der Waals surface area contributed by atoms with Gasteiger partial charge < -0.3 is 15.4 Å². The molecule has 0 saturated heterocycles. The Bertz CT molecular complexity index is 638. The number of thiophene rings is 1. The smallest absolute Gasteiger partial charge is 0.348 e. The first kappa shape index (κ1) is 15.5. The average molecular weight is 320 g/mol. The molecule has 0 amide bonds. The summed E-state index contributed by atoms with van der Waals surface area (Å²) in [6.45, 7) is 2.52. The fourth-order valence-electron chi connectivity index (χ4n) is 1.77. The first-order valence-corrected chi connectivity index (χ1v) is 7.60. The zero-order chi connectivity index (χ0) is 15.2. The van der Waals surface area contributed by atoms with Crippen molar-refractivity contribution >= 4 is 39.6 Å². The van der Waals surface area contributed by atoms with Crippen molar-refractivity contribution in [1.29, 1.82) is 0 Å². The van der Waals surface area contributed by atoms with E-state index in [1.807, 2.05) is 43.3 Å². The molecule has 0 atom stereocenters. The van der Waals surface area contributed by atoms with Gasteiger partial charge in [-0.05, 0) is 36.3 Å². The number of nitrogens with one attached hydrogen (secondary N) is 2. The zero-order valence-electron chi connectivity index (χ0n) is 11.8. The fourth-order valence-corrected chi connectivity index (χ4v) is 3.02. The van der Waals surface area contributed by atoms with E-state index >= 15 is 0 Å². The van der Waals surface area contributed by atoms with Gasteiger partial charge >= 0.3 is 5.97 Å². The highest BCUT2D eigenvalue weighted by Gasteiger charge is 2.14. The molecular weight excluding hydrogens is 304 g/mol. The lowest BCUT2D eigenvalue weighted by atomic mass is 10.2. The number of carbonyl (C=O) groups excluding carboxylic acids is 1. The summed E-state index contributed by atoms with van der Waals surface area (Å²) in [5.41, 5.74) is 2.03. The van der Waals surface area contributed by atoms with E-state index in [0.717, 1.165) is 16.1 Å². The molecular formula is C15H16N2O2S2. The minimum atomic E-state index is -0.325. The van der Waals surface area contributed by atoms with E-state index in [1.165, 1.54) is 18.4 Å². The predicted octanol–water partition coefficient (Wildman–Crippen LogP) is 3.33. The largest absolute Gasteiger partial charge is 0.465 e. The summed E-state index contributed by atoms with van der Waals surface area (Å²) in [6.07, 6.45) is 0.